The summed E-state index contributed by atoms with van der Waals surface area (Å²) in [5.41, 5.74) is 2.05. The lowest BCUT2D eigenvalue weighted by Crippen LogP contribution is -1.86. The minimum atomic E-state index is 0.936. The molecule has 58 valence electrons. The Hall–Kier alpha value is -1.31. The van der Waals surface area contributed by atoms with Crippen molar-refractivity contribution < 1.29 is 0 Å². The van der Waals surface area contributed by atoms with E-state index in [9.17, 15) is 0 Å². The summed E-state index contributed by atoms with van der Waals surface area (Å²) in [6.45, 7) is 5.66. The van der Waals surface area contributed by atoms with Crippen LogP contribution in [0.15, 0.2) is 18.9 Å². The second kappa shape index (κ2) is 3.19. The summed E-state index contributed by atoms with van der Waals surface area (Å²) in [5.74, 6) is 0. The Kier molecular flexibility index (Phi) is 2.26. The van der Waals surface area contributed by atoms with E-state index in [-0.39, 0.29) is 0 Å². The van der Waals surface area contributed by atoms with Gasteiger partial charge in [-0.15, -0.1) is 0 Å². The zero-order valence-electron chi connectivity index (χ0n) is 6.91. The topological polar surface area (TPSA) is 17.8 Å². The number of nitrogens with zero attached hydrogens (tertiary/aromatic N) is 2. The first-order chi connectivity index (χ1) is 5.27. The predicted octanol–water partition coefficient (Wildman–Crippen LogP) is 2.10. The lowest BCUT2D eigenvalue weighted by molar-refractivity contribution is 0.764. The molecule has 1 aromatic rings. The molecular formula is C9H12N2. The van der Waals surface area contributed by atoms with E-state index in [4.69, 9.17) is 0 Å². The standard InChI is InChI=1S/C9H12N2/c1-4-6-8-7-11(3)10-9(8)5-2/h4-7H,2H2,1,3H3. The first kappa shape index (κ1) is 7.79. The Labute approximate surface area is 66.8 Å². The first-order valence-electron chi connectivity index (χ1n) is 3.56. The second-order valence-electron chi connectivity index (χ2n) is 2.35. The number of aryl methyl sites for hydroxylation is 1. The largest absolute Gasteiger partial charge is 0.275 e. The first-order valence-corrected chi connectivity index (χ1v) is 3.56. The molecule has 0 aliphatic rings. The lowest BCUT2D eigenvalue weighted by Gasteiger charge is -1.84. The van der Waals surface area contributed by atoms with Gasteiger partial charge in [0.05, 0.1) is 5.69 Å². The second-order valence-corrected chi connectivity index (χ2v) is 2.35. The summed E-state index contributed by atoms with van der Waals surface area (Å²) in [6.07, 6.45) is 7.74. The maximum atomic E-state index is 4.20. The molecule has 0 spiro atoms. The highest BCUT2D eigenvalue weighted by atomic mass is 15.2. The van der Waals surface area contributed by atoms with Gasteiger partial charge in [0, 0.05) is 18.8 Å². The summed E-state index contributed by atoms with van der Waals surface area (Å²) in [4.78, 5) is 0. The van der Waals surface area contributed by atoms with Crippen LogP contribution in [0.4, 0.5) is 0 Å². The average Bonchev–Trinajstić information content (AvgIpc) is 2.32. The molecule has 0 bridgehead atoms. The van der Waals surface area contributed by atoms with Crippen LogP contribution in [0.5, 0.6) is 0 Å². The van der Waals surface area contributed by atoms with E-state index in [1.54, 1.807) is 10.8 Å². The monoisotopic (exact) mass is 148 g/mol. The Balaban J connectivity index is 3.11. The van der Waals surface area contributed by atoms with Gasteiger partial charge in [-0.1, -0.05) is 18.7 Å². The van der Waals surface area contributed by atoms with Crippen LogP contribution in [-0.4, -0.2) is 9.78 Å². The van der Waals surface area contributed by atoms with Crippen molar-refractivity contribution >= 4 is 12.2 Å². The lowest BCUT2D eigenvalue weighted by atomic mass is 10.2. The van der Waals surface area contributed by atoms with E-state index < -0.39 is 0 Å². The Morgan fingerprint density at radius 2 is 2.36 bits per heavy atom. The molecule has 1 rings (SSSR count). The normalized spacial score (nSPS) is 10.7. The minimum Gasteiger partial charge on any atom is -0.275 e. The van der Waals surface area contributed by atoms with Gasteiger partial charge in [-0.2, -0.15) is 5.10 Å². The van der Waals surface area contributed by atoms with Crippen LogP contribution < -0.4 is 0 Å². The predicted molar refractivity (Wildman–Crippen MR) is 48.0 cm³/mol. The Bertz CT molecular complexity index is 282. The van der Waals surface area contributed by atoms with Gasteiger partial charge in [0.15, 0.2) is 0 Å². The van der Waals surface area contributed by atoms with Crippen LogP contribution >= 0.6 is 0 Å². The highest BCUT2D eigenvalue weighted by molar-refractivity contribution is 5.60. The molecule has 0 unspecified atom stereocenters. The van der Waals surface area contributed by atoms with Gasteiger partial charge in [-0.3, -0.25) is 4.68 Å². The molecule has 0 aliphatic carbocycles. The van der Waals surface area contributed by atoms with Crippen molar-refractivity contribution in [2.75, 3.05) is 0 Å². The summed E-state index contributed by atoms with van der Waals surface area (Å²) >= 11 is 0. The van der Waals surface area contributed by atoms with Crippen molar-refractivity contribution in [2.24, 2.45) is 7.05 Å². The SMILES string of the molecule is C=Cc1nn(C)cc1C=CC. The van der Waals surface area contributed by atoms with Crippen LogP contribution in [0.2, 0.25) is 0 Å². The average molecular weight is 148 g/mol. The minimum absolute atomic E-state index is 0.936. The molecule has 0 radical (unpaired) electrons. The fourth-order valence-electron chi connectivity index (χ4n) is 0.991. The third kappa shape index (κ3) is 1.58. The van der Waals surface area contributed by atoms with Crippen molar-refractivity contribution in [1.29, 1.82) is 0 Å². The smallest absolute Gasteiger partial charge is 0.0917 e. The van der Waals surface area contributed by atoms with Crippen molar-refractivity contribution in [3.63, 3.8) is 0 Å². The number of aromatic nitrogens is 2. The highest BCUT2D eigenvalue weighted by Gasteiger charge is 1.98. The van der Waals surface area contributed by atoms with Crippen LogP contribution in [0.25, 0.3) is 12.2 Å². The van der Waals surface area contributed by atoms with Crippen LogP contribution in [0, 0.1) is 0 Å². The number of allylic oxidation sites excluding steroid dienone is 1. The molecule has 11 heavy (non-hydrogen) atoms. The molecule has 0 aliphatic heterocycles. The molecule has 2 heteroatoms. The van der Waals surface area contributed by atoms with Crippen LogP contribution in [-0.2, 0) is 7.05 Å². The number of hydrogen-bond acceptors (Lipinski definition) is 1. The zero-order chi connectivity index (χ0) is 8.27. The highest BCUT2D eigenvalue weighted by Crippen LogP contribution is 2.08. The number of rotatable bonds is 2. The van der Waals surface area contributed by atoms with Gasteiger partial charge in [0.2, 0.25) is 0 Å². The van der Waals surface area contributed by atoms with Gasteiger partial charge < -0.3 is 0 Å². The summed E-state index contributed by atoms with van der Waals surface area (Å²) in [6, 6.07) is 0. The molecule has 0 N–H and O–H groups in total. The fraction of sp³-hybridized carbons (Fsp3) is 0.222. The molecule has 0 atom stereocenters. The fourth-order valence-corrected chi connectivity index (χ4v) is 0.991. The molecular weight excluding hydrogens is 136 g/mol. The molecule has 0 fully saturated rings. The van der Waals surface area contributed by atoms with Gasteiger partial charge >= 0.3 is 0 Å². The molecule has 1 heterocycles. The molecule has 2 nitrogen and oxygen atoms in total. The van der Waals surface area contributed by atoms with Gasteiger partial charge in [-0.25, -0.2) is 0 Å². The number of hydrogen-bond donors (Lipinski definition) is 0. The molecule has 0 amide bonds. The quantitative estimate of drug-likeness (QED) is 0.628. The van der Waals surface area contributed by atoms with E-state index in [0.717, 1.165) is 11.3 Å². The maximum Gasteiger partial charge on any atom is 0.0917 e. The van der Waals surface area contributed by atoms with Crippen LogP contribution in [0.1, 0.15) is 18.2 Å². The van der Waals surface area contributed by atoms with E-state index in [2.05, 4.69) is 11.7 Å². The summed E-state index contributed by atoms with van der Waals surface area (Å²) in [7, 11) is 1.90. The van der Waals surface area contributed by atoms with E-state index >= 15 is 0 Å². The van der Waals surface area contributed by atoms with Crippen molar-refractivity contribution in [3.8, 4) is 0 Å². The van der Waals surface area contributed by atoms with Crippen molar-refractivity contribution in [2.45, 2.75) is 6.92 Å². The van der Waals surface area contributed by atoms with E-state index in [0.29, 0.717) is 0 Å². The zero-order valence-corrected chi connectivity index (χ0v) is 6.91. The maximum absolute atomic E-state index is 4.20. The third-order valence-corrected chi connectivity index (χ3v) is 1.43. The van der Waals surface area contributed by atoms with Crippen LogP contribution in [0.3, 0.4) is 0 Å². The molecule has 0 saturated heterocycles. The third-order valence-electron chi connectivity index (χ3n) is 1.43. The van der Waals surface area contributed by atoms with Gasteiger partial charge in [0.1, 0.15) is 0 Å². The molecule has 0 saturated carbocycles. The van der Waals surface area contributed by atoms with Gasteiger partial charge in [0.25, 0.3) is 0 Å². The molecule has 1 aromatic heterocycles. The summed E-state index contributed by atoms with van der Waals surface area (Å²) in [5, 5.41) is 4.20. The van der Waals surface area contributed by atoms with Crippen molar-refractivity contribution in [1.82, 2.24) is 9.78 Å². The van der Waals surface area contributed by atoms with E-state index in [1.807, 2.05) is 32.3 Å². The van der Waals surface area contributed by atoms with E-state index in [1.165, 1.54) is 0 Å². The van der Waals surface area contributed by atoms with Gasteiger partial charge in [-0.05, 0) is 13.0 Å². The Morgan fingerprint density at radius 3 is 2.91 bits per heavy atom. The summed E-state index contributed by atoms with van der Waals surface area (Å²) < 4.78 is 1.78. The Morgan fingerprint density at radius 1 is 1.64 bits per heavy atom. The van der Waals surface area contributed by atoms with Crippen molar-refractivity contribution in [3.05, 3.63) is 30.1 Å². The molecule has 0 aromatic carbocycles.